The number of nitrogens with zero attached hydrogens (tertiary/aromatic N) is 1. The molecule has 11 heavy (non-hydrogen) atoms. The Labute approximate surface area is 70.2 Å². The molecule has 0 bridgehead atoms. The molecule has 0 amide bonds. The molecule has 1 aromatic carbocycles. The number of hydrogen-bond donors (Lipinski definition) is 1. The van der Waals surface area contributed by atoms with Gasteiger partial charge < -0.3 is 0 Å². The van der Waals surface area contributed by atoms with Crippen LogP contribution in [0, 0.1) is 6.92 Å². The van der Waals surface area contributed by atoms with Crippen LogP contribution < -0.4 is 0 Å². The second-order valence-corrected chi connectivity index (χ2v) is 4.32. The van der Waals surface area contributed by atoms with Crippen molar-refractivity contribution in [2.75, 3.05) is 0 Å². The van der Waals surface area contributed by atoms with Gasteiger partial charge in [0.05, 0.1) is 0 Å². The van der Waals surface area contributed by atoms with Gasteiger partial charge in [0, 0.05) is 0 Å². The molecule has 2 rings (SSSR count). The van der Waals surface area contributed by atoms with E-state index >= 15 is 0 Å². The van der Waals surface area contributed by atoms with Crippen LogP contribution in [0.15, 0.2) is 17.2 Å². The van der Waals surface area contributed by atoms with E-state index in [1.54, 1.807) is 6.07 Å². The summed E-state index contributed by atoms with van der Waals surface area (Å²) in [5, 5.41) is 11.2. The Balaban J connectivity index is 2.86. The quantitative estimate of drug-likeness (QED) is 0.668. The fourth-order valence-corrected chi connectivity index (χ4v) is 2.58. The Bertz CT molecular complexity index is 358. The van der Waals surface area contributed by atoms with Gasteiger partial charge in [-0.3, -0.25) is 0 Å². The third-order valence-corrected chi connectivity index (χ3v) is 3.31. The van der Waals surface area contributed by atoms with E-state index in [4.69, 9.17) is 0 Å². The molecule has 0 aliphatic rings. The number of aromatic nitrogens is 1. The van der Waals surface area contributed by atoms with Gasteiger partial charge in [-0.05, 0) is 0 Å². The Kier molecular flexibility index (Phi) is 1.48. The number of aromatic hydroxyl groups is 1. The van der Waals surface area contributed by atoms with E-state index in [-0.39, 0.29) is 0 Å². The third kappa shape index (κ3) is 1.06. The summed E-state index contributed by atoms with van der Waals surface area (Å²) in [6, 6.07) is 3.74. The van der Waals surface area contributed by atoms with Crippen LogP contribution in [0.3, 0.4) is 0 Å². The van der Waals surface area contributed by atoms with E-state index in [1.165, 1.54) is 4.26 Å². The Morgan fingerprint density at radius 1 is 1.45 bits per heavy atom. The summed E-state index contributed by atoms with van der Waals surface area (Å²) in [6.07, 6.45) is 0. The van der Waals surface area contributed by atoms with Gasteiger partial charge in [-0.25, -0.2) is 0 Å². The number of phenols is 1. The zero-order chi connectivity index (χ0) is 7.84. The van der Waals surface area contributed by atoms with Crippen molar-refractivity contribution in [2.24, 2.45) is 0 Å². The summed E-state index contributed by atoms with van der Waals surface area (Å²) in [7, 11) is 0. The number of benzene rings is 1. The van der Waals surface area contributed by atoms with E-state index in [2.05, 4.69) is 4.98 Å². The second kappa shape index (κ2) is 2.36. The molecule has 3 heteroatoms. The van der Waals surface area contributed by atoms with Gasteiger partial charge in [0.15, 0.2) is 0 Å². The van der Waals surface area contributed by atoms with Crippen LogP contribution in [0.5, 0.6) is 5.75 Å². The van der Waals surface area contributed by atoms with Gasteiger partial charge in [0.1, 0.15) is 0 Å². The first-order chi connectivity index (χ1) is 5.27. The molecule has 0 fully saturated rings. The number of rotatable bonds is 0. The molecule has 0 radical (unpaired) electrons. The molecular formula is C8H7NOSe. The van der Waals surface area contributed by atoms with Gasteiger partial charge >= 0.3 is 69.8 Å². The van der Waals surface area contributed by atoms with Crippen molar-refractivity contribution >= 4 is 24.3 Å². The predicted molar refractivity (Wildman–Crippen MR) is 45.1 cm³/mol. The molecule has 1 heterocycles. The predicted octanol–water partition coefficient (Wildman–Crippen LogP) is 1.31. The number of fused-ring (bicyclic) bond motifs is 1. The Morgan fingerprint density at radius 2 is 2.27 bits per heavy atom. The standard InChI is InChI=1S/C8H7NOSe/c1-5-2-8-6(3-7(5)10)9-4-11-8/h2-4,10H,1H3. The summed E-state index contributed by atoms with van der Waals surface area (Å²) in [4.78, 5) is 4.14. The summed E-state index contributed by atoms with van der Waals surface area (Å²) in [6.45, 7) is 1.91. The van der Waals surface area contributed by atoms with Crippen LogP contribution in [-0.2, 0) is 0 Å². The molecule has 56 valence electrons. The molecule has 0 aliphatic heterocycles. The average Bonchev–Trinajstić information content (AvgIpc) is 2.36. The van der Waals surface area contributed by atoms with Crippen molar-refractivity contribution in [1.82, 2.24) is 4.98 Å². The van der Waals surface area contributed by atoms with Crippen LogP contribution in [0.2, 0.25) is 0 Å². The van der Waals surface area contributed by atoms with Crippen molar-refractivity contribution in [3.05, 3.63) is 22.8 Å². The van der Waals surface area contributed by atoms with Gasteiger partial charge in [0.25, 0.3) is 0 Å². The van der Waals surface area contributed by atoms with Crippen LogP contribution in [0.25, 0.3) is 9.78 Å². The van der Waals surface area contributed by atoms with Crippen LogP contribution in [0.4, 0.5) is 0 Å². The summed E-state index contributed by atoms with van der Waals surface area (Å²) in [5.41, 5.74) is 1.88. The van der Waals surface area contributed by atoms with Gasteiger partial charge in [0.2, 0.25) is 0 Å². The summed E-state index contributed by atoms with van der Waals surface area (Å²) in [5.74, 6) is 0.346. The number of hydrogen-bond acceptors (Lipinski definition) is 2. The van der Waals surface area contributed by atoms with Crippen molar-refractivity contribution in [3.63, 3.8) is 0 Å². The topological polar surface area (TPSA) is 33.1 Å². The van der Waals surface area contributed by atoms with Gasteiger partial charge in [-0.1, -0.05) is 0 Å². The molecule has 0 unspecified atom stereocenters. The summed E-state index contributed by atoms with van der Waals surface area (Å²) < 4.78 is 1.27. The van der Waals surface area contributed by atoms with Gasteiger partial charge in [-0.15, -0.1) is 0 Å². The van der Waals surface area contributed by atoms with E-state index in [0.717, 1.165) is 11.1 Å². The second-order valence-electron chi connectivity index (χ2n) is 2.46. The van der Waals surface area contributed by atoms with E-state index < -0.39 is 0 Å². The van der Waals surface area contributed by atoms with Crippen LogP contribution in [0.1, 0.15) is 5.56 Å². The van der Waals surface area contributed by atoms with Crippen molar-refractivity contribution < 1.29 is 5.11 Å². The third-order valence-electron chi connectivity index (χ3n) is 1.65. The molecule has 0 spiro atoms. The van der Waals surface area contributed by atoms with Gasteiger partial charge in [-0.2, -0.15) is 0 Å². The molecule has 1 aromatic heterocycles. The van der Waals surface area contributed by atoms with Crippen molar-refractivity contribution in [1.29, 1.82) is 0 Å². The number of aryl methyl sites for hydroxylation is 1. The van der Waals surface area contributed by atoms with Crippen molar-refractivity contribution in [3.8, 4) is 5.75 Å². The fourth-order valence-electron chi connectivity index (χ4n) is 0.994. The average molecular weight is 212 g/mol. The Hall–Kier alpha value is -0.791. The molecular weight excluding hydrogens is 205 g/mol. The van der Waals surface area contributed by atoms with Crippen LogP contribution in [-0.4, -0.2) is 24.6 Å². The molecule has 2 nitrogen and oxygen atoms in total. The molecule has 0 aliphatic carbocycles. The summed E-state index contributed by atoms with van der Waals surface area (Å²) >= 11 is 0.383. The SMILES string of the molecule is Cc1cc2[se]cnc2cc1O. The maximum atomic E-state index is 9.32. The van der Waals surface area contributed by atoms with E-state index in [9.17, 15) is 5.11 Å². The fraction of sp³-hybridized carbons (Fsp3) is 0.125. The normalized spacial score (nSPS) is 10.6. The van der Waals surface area contributed by atoms with Crippen LogP contribution >= 0.6 is 0 Å². The van der Waals surface area contributed by atoms with Crippen molar-refractivity contribution in [2.45, 2.75) is 6.92 Å². The first-order valence-electron chi connectivity index (χ1n) is 3.30. The Morgan fingerprint density at radius 3 is 3.09 bits per heavy atom. The zero-order valence-electron chi connectivity index (χ0n) is 6.03. The maximum absolute atomic E-state index is 9.32. The first-order valence-corrected chi connectivity index (χ1v) is 5.15. The van der Waals surface area contributed by atoms with E-state index in [0.29, 0.717) is 20.3 Å². The monoisotopic (exact) mass is 213 g/mol. The molecule has 0 atom stereocenters. The van der Waals surface area contributed by atoms with E-state index in [1.807, 2.05) is 18.1 Å². The molecule has 0 saturated carbocycles. The number of phenolic OH excluding ortho intramolecular Hbond substituents is 1. The molecule has 0 saturated heterocycles. The first kappa shape index (κ1) is 6.89. The molecule has 1 N–H and O–H groups in total. The zero-order valence-corrected chi connectivity index (χ0v) is 7.75. The minimum atomic E-state index is 0.346. The molecule has 2 aromatic rings. The minimum absolute atomic E-state index is 0.346.